The maximum Gasteiger partial charge on any atom is 0.274 e. The fourth-order valence-corrected chi connectivity index (χ4v) is 2.63. The SMILES string of the molecule is Cc1c(N2CCNCC2C(=O)N(C)C)cccc1[N+](=O)[O-]. The molecule has 2 rings (SSSR count). The first-order valence-electron chi connectivity index (χ1n) is 6.86. The van der Waals surface area contributed by atoms with Gasteiger partial charge >= 0.3 is 0 Å². The van der Waals surface area contributed by atoms with Gasteiger partial charge in [-0.3, -0.25) is 14.9 Å². The van der Waals surface area contributed by atoms with E-state index in [4.69, 9.17) is 0 Å². The van der Waals surface area contributed by atoms with Crippen LogP contribution in [0.5, 0.6) is 0 Å². The summed E-state index contributed by atoms with van der Waals surface area (Å²) in [5.41, 5.74) is 1.44. The summed E-state index contributed by atoms with van der Waals surface area (Å²) in [5, 5.41) is 14.3. The number of hydrogen-bond donors (Lipinski definition) is 1. The molecule has 1 aromatic carbocycles. The maximum absolute atomic E-state index is 12.3. The van der Waals surface area contributed by atoms with Crippen molar-refractivity contribution in [3.05, 3.63) is 33.9 Å². The molecule has 1 aliphatic rings. The first-order chi connectivity index (χ1) is 9.93. The smallest absolute Gasteiger partial charge is 0.274 e. The highest BCUT2D eigenvalue weighted by atomic mass is 16.6. The normalized spacial score (nSPS) is 18.4. The van der Waals surface area contributed by atoms with Gasteiger partial charge in [0.1, 0.15) is 6.04 Å². The lowest BCUT2D eigenvalue weighted by molar-refractivity contribution is -0.385. The van der Waals surface area contributed by atoms with Crippen LogP contribution < -0.4 is 10.2 Å². The van der Waals surface area contributed by atoms with Crippen molar-refractivity contribution in [1.29, 1.82) is 0 Å². The molecule has 1 unspecified atom stereocenters. The van der Waals surface area contributed by atoms with Crippen LogP contribution in [0.4, 0.5) is 11.4 Å². The molecule has 1 amide bonds. The van der Waals surface area contributed by atoms with Crippen LogP contribution in [0, 0.1) is 17.0 Å². The van der Waals surface area contributed by atoms with Crippen LogP contribution in [0.3, 0.4) is 0 Å². The van der Waals surface area contributed by atoms with E-state index in [-0.39, 0.29) is 22.6 Å². The number of rotatable bonds is 3. The number of anilines is 1. The fraction of sp³-hybridized carbons (Fsp3) is 0.500. The molecule has 1 heterocycles. The quantitative estimate of drug-likeness (QED) is 0.657. The zero-order valence-electron chi connectivity index (χ0n) is 12.5. The number of nitrogens with one attached hydrogen (secondary N) is 1. The minimum atomic E-state index is -0.385. The first-order valence-corrected chi connectivity index (χ1v) is 6.86. The molecule has 7 heteroatoms. The van der Waals surface area contributed by atoms with E-state index >= 15 is 0 Å². The Kier molecular flexibility index (Phi) is 4.42. The lowest BCUT2D eigenvalue weighted by Crippen LogP contribution is -2.58. The summed E-state index contributed by atoms with van der Waals surface area (Å²) < 4.78 is 0. The second kappa shape index (κ2) is 6.09. The molecule has 0 aromatic heterocycles. The number of carbonyl (C=O) groups excluding carboxylic acids is 1. The number of carbonyl (C=O) groups is 1. The van der Waals surface area contributed by atoms with E-state index in [0.29, 0.717) is 18.7 Å². The third-order valence-electron chi connectivity index (χ3n) is 3.75. The molecule has 0 aliphatic carbocycles. The van der Waals surface area contributed by atoms with Crippen molar-refractivity contribution in [2.75, 3.05) is 38.6 Å². The number of nitro groups is 1. The number of hydrogen-bond acceptors (Lipinski definition) is 5. The molecule has 0 radical (unpaired) electrons. The standard InChI is InChI=1S/C14H20N4O3/c1-10-11(5-4-6-12(10)18(20)21)17-8-7-15-9-13(17)14(19)16(2)3/h4-6,13,15H,7-9H2,1-3H3. The van der Waals surface area contributed by atoms with E-state index in [1.807, 2.05) is 11.0 Å². The van der Waals surface area contributed by atoms with E-state index in [2.05, 4.69) is 5.32 Å². The topological polar surface area (TPSA) is 78.7 Å². The average Bonchev–Trinajstić information content (AvgIpc) is 2.46. The Morgan fingerprint density at radius 2 is 2.19 bits per heavy atom. The summed E-state index contributed by atoms with van der Waals surface area (Å²) in [4.78, 5) is 26.5. The third kappa shape index (κ3) is 2.97. The summed E-state index contributed by atoms with van der Waals surface area (Å²) in [5.74, 6) is -0.00638. The van der Waals surface area contributed by atoms with Gasteiger partial charge in [0.25, 0.3) is 5.69 Å². The first kappa shape index (κ1) is 15.2. The van der Waals surface area contributed by atoms with Gasteiger partial charge in [0.15, 0.2) is 0 Å². The van der Waals surface area contributed by atoms with Gasteiger partial charge in [-0.1, -0.05) is 6.07 Å². The molecule has 114 valence electrons. The molecule has 1 saturated heterocycles. The van der Waals surface area contributed by atoms with E-state index < -0.39 is 0 Å². The lowest BCUT2D eigenvalue weighted by atomic mass is 10.1. The fourth-order valence-electron chi connectivity index (χ4n) is 2.63. The molecule has 1 fully saturated rings. The molecule has 1 aliphatic heterocycles. The van der Waals surface area contributed by atoms with Crippen LogP contribution in [-0.2, 0) is 4.79 Å². The van der Waals surface area contributed by atoms with Gasteiger partial charge in [0, 0.05) is 45.5 Å². The number of likely N-dealkylation sites (N-methyl/N-ethyl adjacent to an activating group) is 1. The summed E-state index contributed by atoms with van der Waals surface area (Å²) in [6.07, 6.45) is 0. The minimum absolute atomic E-state index is 0.00638. The van der Waals surface area contributed by atoms with Crippen molar-refractivity contribution < 1.29 is 9.72 Å². The van der Waals surface area contributed by atoms with Crippen molar-refractivity contribution in [2.45, 2.75) is 13.0 Å². The van der Waals surface area contributed by atoms with Crippen molar-refractivity contribution in [3.63, 3.8) is 0 Å². The van der Waals surface area contributed by atoms with Crippen LogP contribution in [-0.4, -0.2) is 55.5 Å². The molecule has 0 spiro atoms. The van der Waals surface area contributed by atoms with E-state index in [1.165, 1.54) is 6.07 Å². The van der Waals surface area contributed by atoms with Crippen molar-refractivity contribution in [3.8, 4) is 0 Å². The highest BCUT2D eigenvalue weighted by Crippen LogP contribution is 2.30. The zero-order valence-corrected chi connectivity index (χ0v) is 12.5. The number of amides is 1. The Balaban J connectivity index is 2.40. The number of nitro benzene ring substituents is 1. The predicted octanol–water partition coefficient (Wildman–Crippen LogP) is 0.770. The van der Waals surface area contributed by atoms with Gasteiger partial charge in [-0.25, -0.2) is 0 Å². The summed E-state index contributed by atoms with van der Waals surface area (Å²) in [6, 6.07) is 4.65. The molecular weight excluding hydrogens is 272 g/mol. The van der Waals surface area contributed by atoms with Crippen LogP contribution in [0.25, 0.3) is 0 Å². The van der Waals surface area contributed by atoms with Gasteiger partial charge in [0.05, 0.1) is 10.5 Å². The van der Waals surface area contributed by atoms with Crippen molar-refractivity contribution >= 4 is 17.3 Å². The monoisotopic (exact) mass is 292 g/mol. The second-order valence-corrected chi connectivity index (χ2v) is 5.32. The van der Waals surface area contributed by atoms with Gasteiger partial charge in [-0.15, -0.1) is 0 Å². The second-order valence-electron chi connectivity index (χ2n) is 5.32. The highest BCUT2D eigenvalue weighted by molar-refractivity contribution is 5.86. The van der Waals surface area contributed by atoms with E-state index in [1.54, 1.807) is 32.0 Å². The minimum Gasteiger partial charge on any atom is -0.357 e. The predicted molar refractivity (Wildman–Crippen MR) is 80.5 cm³/mol. The molecule has 7 nitrogen and oxygen atoms in total. The van der Waals surface area contributed by atoms with Crippen LogP contribution in [0.15, 0.2) is 18.2 Å². The van der Waals surface area contributed by atoms with Gasteiger partial charge in [-0.05, 0) is 13.0 Å². The molecule has 1 N–H and O–H groups in total. The van der Waals surface area contributed by atoms with E-state index in [9.17, 15) is 14.9 Å². The lowest BCUT2D eigenvalue weighted by Gasteiger charge is -2.38. The van der Waals surface area contributed by atoms with Gasteiger partial charge in [0.2, 0.25) is 5.91 Å². The number of piperazine rings is 1. The van der Waals surface area contributed by atoms with Crippen LogP contribution in [0.1, 0.15) is 5.56 Å². The molecule has 0 bridgehead atoms. The molecular formula is C14H20N4O3. The van der Waals surface area contributed by atoms with Crippen LogP contribution >= 0.6 is 0 Å². The Morgan fingerprint density at radius 1 is 1.48 bits per heavy atom. The Morgan fingerprint density at radius 3 is 2.81 bits per heavy atom. The summed E-state index contributed by atoms with van der Waals surface area (Å²) >= 11 is 0. The Labute approximate surface area is 123 Å². The van der Waals surface area contributed by atoms with Crippen LogP contribution in [0.2, 0.25) is 0 Å². The average molecular weight is 292 g/mol. The highest BCUT2D eigenvalue weighted by Gasteiger charge is 2.31. The van der Waals surface area contributed by atoms with Gasteiger partial charge < -0.3 is 15.1 Å². The maximum atomic E-state index is 12.3. The number of nitrogens with zero attached hydrogens (tertiary/aromatic N) is 3. The molecule has 1 aromatic rings. The third-order valence-corrected chi connectivity index (χ3v) is 3.75. The molecule has 21 heavy (non-hydrogen) atoms. The zero-order chi connectivity index (χ0) is 15.6. The largest absolute Gasteiger partial charge is 0.357 e. The summed E-state index contributed by atoms with van der Waals surface area (Å²) in [7, 11) is 3.44. The van der Waals surface area contributed by atoms with Crippen molar-refractivity contribution in [1.82, 2.24) is 10.2 Å². The van der Waals surface area contributed by atoms with Crippen molar-refractivity contribution in [2.24, 2.45) is 0 Å². The van der Waals surface area contributed by atoms with Gasteiger partial charge in [-0.2, -0.15) is 0 Å². The molecule has 1 atom stereocenters. The Bertz CT molecular complexity index is 559. The summed E-state index contributed by atoms with van der Waals surface area (Å²) in [6.45, 7) is 3.66. The molecule has 0 saturated carbocycles. The number of benzene rings is 1. The Hall–Kier alpha value is -2.15. The van der Waals surface area contributed by atoms with E-state index in [0.717, 1.165) is 12.2 Å².